The predicted octanol–water partition coefficient (Wildman–Crippen LogP) is 2.29. The van der Waals surface area contributed by atoms with Crippen LogP contribution in [-0.2, 0) is 6.42 Å². The van der Waals surface area contributed by atoms with E-state index in [4.69, 9.17) is 0 Å². The number of anilines is 1. The minimum atomic E-state index is 0.540. The molecule has 16 heavy (non-hydrogen) atoms. The maximum absolute atomic E-state index is 3.32. The number of nitrogens with one attached hydrogen (secondary N) is 1. The molecule has 0 fully saturated rings. The molecule has 0 aliphatic carbocycles. The number of hydrogen-bond acceptors (Lipinski definition) is 2. The third-order valence-corrected chi connectivity index (χ3v) is 3.42. The molecule has 0 radical (unpaired) electrons. The van der Waals surface area contributed by atoms with Gasteiger partial charge in [-0.2, -0.15) is 0 Å². The van der Waals surface area contributed by atoms with Gasteiger partial charge in [-0.1, -0.05) is 25.1 Å². The zero-order chi connectivity index (χ0) is 11.5. The molecule has 1 aromatic rings. The standard InChI is InChI=1S/C14H22N2/c1-11-8-13-6-4-5-7-14(13)16(9-11)10-12(2)15-3/h4-7,11-12,15H,8-10H2,1-3H3. The molecule has 2 atom stereocenters. The lowest BCUT2D eigenvalue weighted by Crippen LogP contribution is -2.42. The van der Waals surface area contributed by atoms with Crippen LogP contribution in [0.5, 0.6) is 0 Å². The Bertz CT molecular complexity index is 348. The smallest absolute Gasteiger partial charge is 0.0399 e. The van der Waals surface area contributed by atoms with Crippen LogP contribution in [0.2, 0.25) is 0 Å². The Morgan fingerprint density at radius 1 is 1.44 bits per heavy atom. The van der Waals surface area contributed by atoms with Crippen molar-refractivity contribution in [2.24, 2.45) is 5.92 Å². The summed E-state index contributed by atoms with van der Waals surface area (Å²) in [5, 5.41) is 3.32. The van der Waals surface area contributed by atoms with Crippen LogP contribution in [0.25, 0.3) is 0 Å². The Balaban J connectivity index is 2.20. The van der Waals surface area contributed by atoms with Crippen LogP contribution in [0.4, 0.5) is 5.69 Å². The van der Waals surface area contributed by atoms with Crippen LogP contribution in [0.3, 0.4) is 0 Å². The van der Waals surface area contributed by atoms with Gasteiger partial charge in [-0.15, -0.1) is 0 Å². The van der Waals surface area contributed by atoms with E-state index >= 15 is 0 Å². The monoisotopic (exact) mass is 218 g/mol. The van der Waals surface area contributed by atoms with Gasteiger partial charge in [-0.05, 0) is 37.9 Å². The van der Waals surface area contributed by atoms with Crippen molar-refractivity contribution in [2.45, 2.75) is 26.3 Å². The fourth-order valence-corrected chi connectivity index (χ4v) is 2.50. The molecule has 0 aromatic heterocycles. The van der Waals surface area contributed by atoms with Crippen LogP contribution in [0.1, 0.15) is 19.4 Å². The van der Waals surface area contributed by atoms with Gasteiger partial charge < -0.3 is 10.2 Å². The maximum atomic E-state index is 3.32. The van der Waals surface area contributed by atoms with Crippen molar-refractivity contribution in [2.75, 3.05) is 25.0 Å². The van der Waals surface area contributed by atoms with Gasteiger partial charge in [-0.3, -0.25) is 0 Å². The maximum Gasteiger partial charge on any atom is 0.0399 e. The van der Waals surface area contributed by atoms with E-state index < -0.39 is 0 Å². The van der Waals surface area contributed by atoms with Gasteiger partial charge in [0, 0.05) is 24.8 Å². The molecular formula is C14H22N2. The van der Waals surface area contributed by atoms with E-state index in [0.29, 0.717) is 6.04 Å². The normalized spacial score (nSPS) is 21.7. The molecular weight excluding hydrogens is 196 g/mol. The summed E-state index contributed by atoms with van der Waals surface area (Å²) in [5.41, 5.74) is 2.94. The second kappa shape index (κ2) is 4.88. The molecule has 0 saturated carbocycles. The van der Waals surface area contributed by atoms with Crippen LogP contribution in [0.15, 0.2) is 24.3 Å². The Kier molecular flexibility index (Phi) is 3.49. The van der Waals surface area contributed by atoms with Crippen LogP contribution in [-0.4, -0.2) is 26.2 Å². The van der Waals surface area contributed by atoms with E-state index in [1.807, 2.05) is 7.05 Å². The molecule has 1 heterocycles. The molecule has 1 aliphatic heterocycles. The quantitative estimate of drug-likeness (QED) is 0.837. The lowest BCUT2D eigenvalue weighted by molar-refractivity contribution is 0.499. The highest BCUT2D eigenvalue weighted by Gasteiger charge is 2.21. The van der Waals surface area contributed by atoms with Crippen molar-refractivity contribution < 1.29 is 0 Å². The number of para-hydroxylation sites is 1. The van der Waals surface area contributed by atoms with E-state index in [2.05, 4.69) is 48.3 Å². The summed E-state index contributed by atoms with van der Waals surface area (Å²) in [4.78, 5) is 2.52. The zero-order valence-corrected chi connectivity index (χ0v) is 10.5. The van der Waals surface area contributed by atoms with E-state index in [9.17, 15) is 0 Å². The van der Waals surface area contributed by atoms with Gasteiger partial charge in [0.1, 0.15) is 0 Å². The molecule has 2 unspecified atom stereocenters. The summed E-state index contributed by atoms with van der Waals surface area (Å²) in [5.74, 6) is 0.763. The molecule has 88 valence electrons. The van der Waals surface area contributed by atoms with Crippen LogP contribution < -0.4 is 10.2 Å². The zero-order valence-electron chi connectivity index (χ0n) is 10.5. The largest absolute Gasteiger partial charge is 0.369 e. The lowest BCUT2D eigenvalue weighted by Gasteiger charge is -2.36. The molecule has 0 amide bonds. The topological polar surface area (TPSA) is 15.3 Å². The molecule has 1 aromatic carbocycles. The summed E-state index contributed by atoms with van der Waals surface area (Å²) < 4.78 is 0. The van der Waals surface area contributed by atoms with Crippen molar-refractivity contribution in [3.05, 3.63) is 29.8 Å². The van der Waals surface area contributed by atoms with E-state index in [1.165, 1.54) is 24.2 Å². The Morgan fingerprint density at radius 2 is 2.19 bits per heavy atom. The second-order valence-corrected chi connectivity index (χ2v) is 5.03. The number of nitrogens with zero attached hydrogens (tertiary/aromatic N) is 1. The first kappa shape index (κ1) is 11.5. The van der Waals surface area contributed by atoms with Crippen molar-refractivity contribution in [1.29, 1.82) is 0 Å². The van der Waals surface area contributed by atoms with Gasteiger partial charge in [0.05, 0.1) is 0 Å². The average molecular weight is 218 g/mol. The lowest BCUT2D eigenvalue weighted by atomic mass is 9.93. The number of benzene rings is 1. The fourth-order valence-electron chi connectivity index (χ4n) is 2.50. The van der Waals surface area contributed by atoms with Crippen molar-refractivity contribution >= 4 is 5.69 Å². The highest BCUT2D eigenvalue weighted by Crippen LogP contribution is 2.29. The SMILES string of the molecule is CNC(C)CN1CC(C)Cc2ccccc21. The first-order chi connectivity index (χ1) is 7.70. The summed E-state index contributed by atoms with van der Waals surface area (Å²) >= 11 is 0. The summed E-state index contributed by atoms with van der Waals surface area (Å²) in [6, 6.07) is 9.35. The number of likely N-dealkylation sites (N-methyl/N-ethyl adjacent to an activating group) is 1. The van der Waals surface area contributed by atoms with Crippen molar-refractivity contribution in [3.63, 3.8) is 0 Å². The molecule has 0 spiro atoms. The van der Waals surface area contributed by atoms with Crippen molar-refractivity contribution in [1.82, 2.24) is 5.32 Å². The Hall–Kier alpha value is -1.02. The van der Waals surface area contributed by atoms with Crippen LogP contribution >= 0.6 is 0 Å². The minimum Gasteiger partial charge on any atom is -0.369 e. The third kappa shape index (κ3) is 2.38. The number of rotatable bonds is 3. The molecule has 2 heteroatoms. The van der Waals surface area contributed by atoms with Gasteiger partial charge >= 0.3 is 0 Å². The number of hydrogen-bond donors (Lipinski definition) is 1. The molecule has 1 N–H and O–H groups in total. The first-order valence-electron chi connectivity index (χ1n) is 6.21. The highest BCUT2D eigenvalue weighted by atomic mass is 15.2. The molecule has 1 aliphatic rings. The minimum absolute atomic E-state index is 0.540. The molecule has 2 rings (SSSR count). The fraction of sp³-hybridized carbons (Fsp3) is 0.571. The Morgan fingerprint density at radius 3 is 2.94 bits per heavy atom. The van der Waals surface area contributed by atoms with E-state index in [1.54, 1.807) is 0 Å². The van der Waals surface area contributed by atoms with Gasteiger partial charge in [-0.25, -0.2) is 0 Å². The van der Waals surface area contributed by atoms with E-state index in [0.717, 1.165) is 12.5 Å². The van der Waals surface area contributed by atoms with Crippen molar-refractivity contribution in [3.8, 4) is 0 Å². The number of fused-ring (bicyclic) bond motifs is 1. The predicted molar refractivity (Wildman–Crippen MR) is 70.0 cm³/mol. The van der Waals surface area contributed by atoms with Crippen LogP contribution in [0, 0.1) is 5.92 Å². The van der Waals surface area contributed by atoms with Gasteiger partial charge in [0.15, 0.2) is 0 Å². The first-order valence-corrected chi connectivity index (χ1v) is 6.21. The second-order valence-electron chi connectivity index (χ2n) is 5.03. The molecule has 0 bridgehead atoms. The third-order valence-electron chi connectivity index (χ3n) is 3.42. The highest BCUT2D eigenvalue weighted by molar-refractivity contribution is 5.55. The summed E-state index contributed by atoms with van der Waals surface area (Å²) in [7, 11) is 2.03. The van der Waals surface area contributed by atoms with E-state index in [-0.39, 0.29) is 0 Å². The Labute approximate surface area is 98.7 Å². The summed E-state index contributed by atoms with van der Waals surface area (Å²) in [6.45, 7) is 6.86. The average Bonchev–Trinajstić information content (AvgIpc) is 2.28. The molecule has 2 nitrogen and oxygen atoms in total. The molecule has 0 saturated heterocycles. The van der Waals surface area contributed by atoms with Gasteiger partial charge in [0.25, 0.3) is 0 Å². The summed E-state index contributed by atoms with van der Waals surface area (Å²) in [6.07, 6.45) is 1.22. The van der Waals surface area contributed by atoms with Gasteiger partial charge in [0.2, 0.25) is 0 Å².